The number of likely N-dealkylation sites (tertiary alicyclic amines) is 1. The molecule has 1 aliphatic heterocycles. The van der Waals surface area contributed by atoms with E-state index in [2.05, 4.69) is 29.8 Å². The van der Waals surface area contributed by atoms with Crippen molar-refractivity contribution in [1.82, 2.24) is 9.80 Å². The van der Waals surface area contributed by atoms with Crippen LogP contribution < -0.4 is 4.74 Å². The van der Waals surface area contributed by atoms with Gasteiger partial charge in [0, 0.05) is 32.8 Å². The van der Waals surface area contributed by atoms with E-state index in [1.165, 1.54) is 5.56 Å². The molecule has 5 heteroatoms. The first-order valence-electron chi connectivity index (χ1n) is 7.91. The predicted octanol–water partition coefficient (Wildman–Crippen LogP) is 2.34. The van der Waals surface area contributed by atoms with Gasteiger partial charge in [0.05, 0.1) is 12.1 Å². The summed E-state index contributed by atoms with van der Waals surface area (Å²) in [6.45, 7) is 7.36. The van der Waals surface area contributed by atoms with Gasteiger partial charge in [-0.2, -0.15) is 0 Å². The highest BCUT2D eigenvalue weighted by molar-refractivity contribution is 6.32. The average molecular weight is 327 g/mol. The third-order valence-corrected chi connectivity index (χ3v) is 4.89. The van der Waals surface area contributed by atoms with Crippen LogP contribution in [0, 0.1) is 11.8 Å². The molecule has 1 aromatic carbocycles. The summed E-state index contributed by atoms with van der Waals surface area (Å²) in [5, 5.41) is 10.3. The lowest BCUT2D eigenvalue weighted by Crippen LogP contribution is -2.31. The van der Waals surface area contributed by atoms with Crippen molar-refractivity contribution in [3.63, 3.8) is 0 Å². The summed E-state index contributed by atoms with van der Waals surface area (Å²) in [5.41, 5.74) is 1.19. The van der Waals surface area contributed by atoms with Gasteiger partial charge >= 0.3 is 0 Å². The van der Waals surface area contributed by atoms with Gasteiger partial charge in [0.2, 0.25) is 0 Å². The lowest BCUT2D eigenvalue weighted by molar-refractivity contribution is 0.177. The molecule has 1 aromatic rings. The van der Waals surface area contributed by atoms with Crippen LogP contribution in [0.2, 0.25) is 5.02 Å². The number of hydrogen-bond acceptors (Lipinski definition) is 4. The molecule has 1 aliphatic rings. The SMILES string of the molecule is CCN(C)C[C@@H]1CN(Cc2ccc(OC)c(Cl)c2)C[C@@H]1CO. The second kappa shape index (κ2) is 8.16. The fourth-order valence-corrected chi connectivity index (χ4v) is 3.45. The maximum atomic E-state index is 9.64. The molecular weight excluding hydrogens is 300 g/mol. The number of nitrogens with zero attached hydrogens (tertiary/aromatic N) is 2. The van der Waals surface area contributed by atoms with E-state index in [4.69, 9.17) is 16.3 Å². The highest BCUT2D eigenvalue weighted by Crippen LogP contribution is 2.28. The van der Waals surface area contributed by atoms with Crippen molar-refractivity contribution in [2.24, 2.45) is 11.8 Å². The first-order valence-corrected chi connectivity index (χ1v) is 8.29. The van der Waals surface area contributed by atoms with Crippen molar-refractivity contribution in [2.45, 2.75) is 13.5 Å². The van der Waals surface area contributed by atoms with Crippen molar-refractivity contribution >= 4 is 11.6 Å². The Morgan fingerprint density at radius 3 is 2.68 bits per heavy atom. The third kappa shape index (κ3) is 4.35. The smallest absolute Gasteiger partial charge is 0.137 e. The first-order chi connectivity index (χ1) is 10.6. The van der Waals surface area contributed by atoms with Crippen LogP contribution in [0.25, 0.3) is 0 Å². The molecule has 0 radical (unpaired) electrons. The van der Waals surface area contributed by atoms with Crippen molar-refractivity contribution in [3.8, 4) is 5.75 Å². The number of benzene rings is 1. The number of hydrogen-bond donors (Lipinski definition) is 1. The van der Waals surface area contributed by atoms with Gasteiger partial charge in [0.15, 0.2) is 0 Å². The van der Waals surface area contributed by atoms with Gasteiger partial charge in [-0.05, 0) is 43.1 Å². The Bertz CT molecular complexity index is 484. The predicted molar refractivity (Wildman–Crippen MR) is 90.5 cm³/mol. The minimum absolute atomic E-state index is 0.266. The average Bonchev–Trinajstić information content (AvgIpc) is 2.88. The summed E-state index contributed by atoms with van der Waals surface area (Å²) in [5.74, 6) is 1.61. The normalized spacial score (nSPS) is 22.5. The third-order valence-electron chi connectivity index (χ3n) is 4.59. The molecule has 4 nitrogen and oxygen atoms in total. The molecule has 0 saturated carbocycles. The van der Waals surface area contributed by atoms with Crippen molar-refractivity contribution in [3.05, 3.63) is 28.8 Å². The van der Waals surface area contributed by atoms with E-state index in [1.807, 2.05) is 12.1 Å². The zero-order valence-electron chi connectivity index (χ0n) is 13.8. The molecule has 1 fully saturated rings. The lowest BCUT2D eigenvalue weighted by atomic mass is 9.96. The van der Waals surface area contributed by atoms with Gasteiger partial charge < -0.3 is 14.7 Å². The number of halogens is 1. The van der Waals surface area contributed by atoms with E-state index in [0.717, 1.165) is 32.7 Å². The van der Waals surface area contributed by atoms with Gasteiger partial charge in [0.1, 0.15) is 5.75 Å². The Morgan fingerprint density at radius 2 is 2.09 bits per heavy atom. The molecule has 0 aliphatic carbocycles. The molecule has 1 heterocycles. The second-order valence-electron chi connectivity index (χ2n) is 6.22. The number of ether oxygens (including phenoxy) is 1. The monoisotopic (exact) mass is 326 g/mol. The molecule has 2 rings (SSSR count). The van der Waals surface area contributed by atoms with E-state index >= 15 is 0 Å². The highest BCUT2D eigenvalue weighted by atomic mass is 35.5. The van der Waals surface area contributed by atoms with Crippen LogP contribution in [0.1, 0.15) is 12.5 Å². The fourth-order valence-electron chi connectivity index (χ4n) is 3.17. The second-order valence-corrected chi connectivity index (χ2v) is 6.63. The molecule has 0 aromatic heterocycles. The number of aliphatic hydroxyl groups excluding tert-OH is 1. The maximum Gasteiger partial charge on any atom is 0.137 e. The quantitative estimate of drug-likeness (QED) is 0.834. The largest absolute Gasteiger partial charge is 0.495 e. The van der Waals surface area contributed by atoms with Crippen LogP contribution in [0.4, 0.5) is 0 Å². The molecule has 0 amide bonds. The lowest BCUT2D eigenvalue weighted by Gasteiger charge is -2.22. The highest BCUT2D eigenvalue weighted by Gasteiger charge is 2.32. The summed E-state index contributed by atoms with van der Waals surface area (Å²) in [6.07, 6.45) is 0. The molecule has 1 saturated heterocycles. The zero-order valence-corrected chi connectivity index (χ0v) is 14.5. The van der Waals surface area contributed by atoms with Gasteiger partial charge in [-0.3, -0.25) is 4.90 Å². The van der Waals surface area contributed by atoms with Gasteiger partial charge in [-0.15, -0.1) is 0 Å². The van der Waals surface area contributed by atoms with Crippen LogP contribution in [0.15, 0.2) is 18.2 Å². The van der Waals surface area contributed by atoms with E-state index < -0.39 is 0 Å². The summed E-state index contributed by atoms with van der Waals surface area (Å²) in [7, 11) is 3.77. The van der Waals surface area contributed by atoms with E-state index in [9.17, 15) is 5.11 Å². The maximum absolute atomic E-state index is 9.64. The summed E-state index contributed by atoms with van der Waals surface area (Å²) < 4.78 is 5.19. The van der Waals surface area contributed by atoms with E-state index in [-0.39, 0.29) is 6.61 Å². The Hall–Kier alpha value is -0.810. The molecule has 124 valence electrons. The van der Waals surface area contributed by atoms with Crippen LogP contribution in [-0.4, -0.2) is 61.8 Å². The van der Waals surface area contributed by atoms with Crippen molar-refractivity contribution < 1.29 is 9.84 Å². The summed E-state index contributed by atoms with van der Waals surface area (Å²) in [4.78, 5) is 4.73. The molecule has 1 N–H and O–H groups in total. The summed E-state index contributed by atoms with van der Waals surface area (Å²) in [6, 6.07) is 5.95. The Morgan fingerprint density at radius 1 is 1.36 bits per heavy atom. The molecule has 0 spiro atoms. The Kier molecular flexibility index (Phi) is 6.50. The number of methoxy groups -OCH3 is 1. The van der Waals surface area contributed by atoms with E-state index in [1.54, 1.807) is 7.11 Å². The number of aliphatic hydroxyl groups is 1. The molecule has 0 unspecified atom stereocenters. The molecule has 2 atom stereocenters. The fraction of sp³-hybridized carbons (Fsp3) is 0.647. The Labute approximate surface area is 138 Å². The summed E-state index contributed by atoms with van der Waals surface area (Å²) >= 11 is 6.20. The zero-order chi connectivity index (χ0) is 16.1. The van der Waals surface area contributed by atoms with Gasteiger partial charge in [-0.1, -0.05) is 24.6 Å². The molecule has 0 bridgehead atoms. The minimum Gasteiger partial charge on any atom is -0.495 e. The first kappa shape index (κ1) is 17.5. The van der Waals surface area contributed by atoms with Gasteiger partial charge in [0.25, 0.3) is 0 Å². The van der Waals surface area contributed by atoms with Gasteiger partial charge in [-0.25, -0.2) is 0 Å². The van der Waals surface area contributed by atoms with Crippen LogP contribution in [0.5, 0.6) is 5.75 Å². The van der Waals surface area contributed by atoms with Crippen molar-refractivity contribution in [2.75, 3.05) is 46.9 Å². The molecular formula is C17H27ClN2O2. The standard InChI is InChI=1S/C17H27ClN2O2/c1-4-19(2)9-14-10-20(11-15(14)12-21)8-13-5-6-17(22-3)16(18)7-13/h5-7,14-15,21H,4,8-12H2,1-3H3/t14-,15-/m1/s1. The van der Waals surface area contributed by atoms with E-state index in [0.29, 0.717) is 22.6 Å². The van der Waals surface area contributed by atoms with Crippen LogP contribution >= 0.6 is 11.6 Å². The van der Waals surface area contributed by atoms with Crippen molar-refractivity contribution in [1.29, 1.82) is 0 Å². The van der Waals surface area contributed by atoms with Crippen LogP contribution in [0.3, 0.4) is 0 Å². The number of rotatable bonds is 7. The van der Waals surface area contributed by atoms with Crippen LogP contribution in [-0.2, 0) is 6.54 Å². The molecule has 22 heavy (non-hydrogen) atoms. The topological polar surface area (TPSA) is 35.9 Å². The Balaban J connectivity index is 1.97. The minimum atomic E-state index is 0.266.